The van der Waals surface area contributed by atoms with Gasteiger partial charge in [0.05, 0.1) is 24.1 Å². The summed E-state index contributed by atoms with van der Waals surface area (Å²) in [6, 6.07) is 22.4. The highest BCUT2D eigenvalue weighted by Crippen LogP contribution is 2.26. The third-order valence-electron chi connectivity index (χ3n) is 5.73. The molecule has 7 heteroatoms. The topological polar surface area (TPSA) is 102 Å². The largest absolute Gasteiger partial charge is 0.358 e. The van der Waals surface area contributed by atoms with E-state index >= 15 is 0 Å². The molecule has 0 spiro atoms. The summed E-state index contributed by atoms with van der Waals surface area (Å²) in [5.74, 6) is -0.116. The average Bonchev–Trinajstić information content (AvgIpc) is 3.20. The molecule has 3 aromatic carbocycles. The normalized spacial score (nSPS) is 12.1. The molecule has 170 valence electrons. The smallest absolute Gasteiger partial charge is 0.287 e. The van der Waals surface area contributed by atoms with Gasteiger partial charge in [-0.25, -0.2) is 9.37 Å². The number of nitrogens with zero attached hydrogens (tertiary/aromatic N) is 2. The Labute approximate surface area is 192 Å². The van der Waals surface area contributed by atoms with E-state index in [0.29, 0.717) is 18.9 Å². The number of carbonyl (C=O) groups excluding carboxylic acids is 1. The van der Waals surface area contributed by atoms with Crippen LogP contribution in [0.15, 0.2) is 72.8 Å². The minimum atomic E-state index is -0.271. The second-order valence-electron chi connectivity index (χ2n) is 8.29. The Morgan fingerprint density at radius 3 is 2.48 bits per heavy atom. The van der Waals surface area contributed by atoms with Crippen LogP contribution in [-0.4, -0.2) is 34.6 Å². The van der Waals surface area contributed by atoms with Crippen LogP contribution in [-0.2, 0) is 6.54 Å². The quantitative estimate of drug-likeness (QED) is 0.366. The van der Waals surface area contributed by atoms with Crippen molar-refractivity contribution in [3.05, 3.63) is 90.0 Å². The molecule has 0 aliphatic carbocycles. The third-order valence-corrected chi connectivity index (χ3v) is 5.73. The van der Waals surface area contributed by atoms with Crippen LogP contribution in [0.2, 0.25) is 0 Å². The molecule has 6 nitrogen and oxygen atoms in total. The predicted octanol–water partition coefficient (Wildman–Crippen LogP) is 2.25. The van der Waals surface area contributed by atoms with Gasteiger partial charge < -0.3 is 21.4 Å². The zero-order valence-corrected chi connectivity index (χ0v) is 18.6. The summed E-state index contributed by atoms with van der Waals surface area (Å²) in [7, 11) is 0. The van der Waals surface area contributed by atoms with Gasteiger partial charge in [-0.3, -0.25) is 4.79 Å². The molecule has 0 fully saturated rings. The number of carbonyl (C=O) groups is 1. The molecule has 7 N–H and O–H groups in total. The van der Waals surface area contributed by atoms with Crippen LogP contribution >= 0.6 is 0 Å². The minimum absolute atomic E-state index is 0.132. The van der Waals surface area contributed by atoms with Crippen LogP contribution in [0.4, 0.5) is 4.39 Å². The lowest BCUT2D eigenvalue weighted by atomic mass is 10.1. The van der Waals surface area contributed by atoms with Crippen LogP contribution in [0.5, 0.6) is 0 Å². The van der Waals surface area contributed by atoms with Crippen LogP contribution in [0.3, 0.4) is 0 Å². The van der Waals surface area contributed by atoms with Gasteiger partial charge in [0, 0.05) is 19.4 Å². The number of rotatable bonds is 9. The molecular weight excluding hydrogens is 417 g/mol. The summed E-state index contributed by atoms with van der Waals surface area (Å²) in [4.78, 5) is 17.8. The van der Waals surface area contributed by atoms with Gasteiger partial charge >= 0.3 is 0 Å². The number of fused-ring (bicyclic) bond motifs is 1. The highest BCUT2D eigenvalue weighted by Gasteiger charge is 2.20. The summed E-state index contributed by atoms with van der Waals surface area (Å²) in [6.07, 6.45) is 1.91. The predicted molar refractivity (Wildman–Crippen MR) is 127 cm³/mol. The van der Waals surface area contributed by atoms with E-state index < -0.39 is 0 Å². The zero-order chi connectivity index (χ0) is 23.2. The summed E-state index contributed by atoms with van der Waals surface area (Å²) in [5, 5.41) is 3.00. The average molecular weight is 448 g/mol. The molecule has 1 amide bonds. The van der Waals surface area contributed by atoms with Gasteiger partial charge in [0.1, 0.15) is 11.9 Å². The standard InChI is InChI=1S/C26H28FN5O/c27-21-11-8-19(9-12-21)20-10-13-23-24(15-20)32(17-18-5-2-1-3-6-18)25(31-23)26(33)30-16-22(29)7-4-14-28/h1-3,5-6,8-13,15,22H,4,7,14,16-17,28-29H2,(H,30,33)/p+2/t22-/m0/s1. The highest BCUT2D eigenvalue weighted by atomic mass is 19.1. The molecule has 1 heterocycles. The molecule has 0 radical (unpaired) electrons. The zero-order valence-electron chi connectivity index (χ0n) is 18.6. The molecule has 4 aromatic rings. The number of nitrogens with one attached hydrogen (secondary N) is 1. The van der Waals surface area contributed by atoms with Crippen molar-refractivity contribution >= 4 is 16.9 Å². The molecule has 1 aromatic heterocycles. The second kappa shape index (κ2) is 10.4. The van der Waals surface area contributed by atoms with Crippen LogP contribution in [0.25, 0.3) is 22.2 Å². The Balaban J connectivity index is 1.69. The summed E-state index contributed by atoms with van der Waals surface area (Å²) in [6.45, 7) is 1.87. The Bertz CT molecular complexity index is 1220. The number of hydrogen-bond donors (Lipinski definition) is 3. The van der Waals surface area contributed by atoms with Gasteiger partial charge in [-0.2, -0.15) is 0 Å². The van der Waals surface area contributed by atoms with Gasteiger partial charge in [-0.15, -0.1) is 0 Å². The number of benzene rings is 3. The number of aromatic nitrogens is 2. The fraction of sp³-hybridized carbons (Fsp3) is 0.231. The van der Waals surface area contributed by atoms with Crippen LogP contribution in [0.1, 0.15) is 29.0 Å². The Hall–Kier alpha value is -3.55. The maximum atomic E-state index is 13.4. The molecule has 0 aliphatic heterocycles. The molecule has 0 aliphatic rings. The maximum Gasteiger partial charge on any atom is 0.287 e. The fourth-order valence-corrected chi connectivity index (χ4v) is 3.90. The van der Waals surface area contributed by atoms with Crippen molar-refractivity contribution in [2.24, 2.45) is 0 Å². The first-order valence-corrected chi connectivity index (χ1v) is 11.3. The highest BCUT2D eigenvalue weighted by molar-refractivity contribution is 5.95. The lowest BCUT2D eigenvalue weighted by Gasteiger charge is -2.12. The second-order valence-corrected chi connectivity index (χ2v) is 8.29. The van der Waals surface area contributed by atoms with Gasteiger partial charge in [-0.1, -0.05) is 48.5 Å². The van der Waals surface area contributed by atoms with Crippen molar-refractivity contribution < 1.29 is 20.7 Å². The summed E-state index contributed by atoms with van der Waals surface area (Å²) >= 11 is 0. The van der Waals surface area contributed by atoms with E-state index in [2.05, 4.69) is 21.8 Å². The first-order valence-electron chi connectivity index (χ1n) is 11.3. The van der Waals surface area contributed by atoms with E-state index in [9.17, 15) is 9.18 Å². The van der Waals surface area contributed by atoms with E-state index in [1.807, 2.05) is 53.1 Å². The molecular formula is C26H30FN5O+2. The molecule has 0 bridgehead atoms. The molecule has 0 saturated heterocycles. The van der Waals surface area contributed by atoms with Crippen molar-refractivity contribution in [1.29, 1.82) is 0 Å². The minimum Gasteiger partial charge on any atom is -0.358 e. The van der Waals surface area contributed by atoms with E-state index in [1.54, 1.807) is 12.1 Å². The van der Waals surface area contributed by atoms with Crippen molar-refractivity contribution in [3.63, 3.8) is 0 Å². The Kier molecular flexibility index (Phi) is 7.12. The third kappa shape index (κ3) is 5.45. The van der Waals surface area contributed by atoms with Gasteiger partial charge in [-0.05, 0) is 41.0 Å². The number of quaternary nitrogens is 2. The molecule has 1 atom stereocenters. The van der Waals surface area contributed by atoms with E-state index in [0.717, 1.165) is 47.1 Å². The van der Waals surface area contributed by atoms with Gasteiger partial charge in [0.15, 0.2) is 5.82 Å². The van der Waals surface area contributed by atoms with Crippen molar-refractivity contribution in [3.8, 4) is 11.1 Å². The fourth-order valence-electron chi connectivity index (χ4n) is 3.90. The van der Waals surface area contributed by atoms with Gasteiger partial charge in [0.25, 0.3) is 5.91 Å². The number of halogens is 1. The number of hydrogen-bond acceptors (Lipinski definition) is 2. The first-order chi connectivity index (χ1) is 16.0. The van der Waals surface area contributed by atoms with Crippen molar-refractivity contribution in [1.82, 2.24) is 14.9 Å². The van der Waals surface area contributed by atoms with E-state index in [1.165, 1.54) is 12.1 Å². The van der Waals surface area contributed by atoms with Crippen molar-refractivity contribution in [2.45, 2.75) is 25.4 Å². The van der Waals surface area contributed by atoms with Gasteiger partial charge in [0.2, 0.25) is 0 Å². The van der Waals surface area contributed by atoms with Crippen LogP contribution in [0, 0.1) is 5.82 Å². The van der Waals surface area contributed by atoms with Crippen LogP contribution < -0.4 is 16.8 Å². The van der Waals surface area contributed by atoms with E-state index in [4.69, 9.17) is 0 Å². The lowest BCUT2D eigenvalue weighted by Crippen LogP contribution is -2.65. The maximum absolute atomic E-state index is 13.4. The van der Waals surface area contributed by atoms with E-state index in [-0.39, 0.29) is 17.8 Å². The first kappa shape index (κ1) is 22.6. The van der Waals surface area contributed by atoms with Crippen molar-refractivity contribution in [2.75, 3.05) is 13.1 Å². The summed E-state index contributed by atoms with van der Waals surface area (Å²) < 4.78 is 15.3. The molecule has 4 rings (SSSR count). The Morgan fingerprint density at radius 2 is 1.76 bits per heavy atom. The number of amides is 1. The monoisotopic (exact) mass is 447 g/mol. The molecule has 0 saturated carbocycles. The molecule has 0 unspecified atom stereocenters. The molecule has 33 heavy (non-hydrogen) atoms. The summed E-state index contributed by atoms with van der Waals surface area (Å²) in [5.41, 5.74) is 12.5. The lowest BCUT2D eigenvalue weighted by molar-refractivity contribution is -0.423. The Morgan fingerprint density at radius 1 is 1.03 bits per heavy atom. The SMILES string of the molecule is [NH3+]CCC[C@H]([NH3+])CNC(=O)c1nc2ccc(-c3ccc(F)cc3)cc2n1Cc1ccccc1. The number of imidazole rings is 1.